The van der Waals surface area contributed by atoms with Crippen LogP contribution in [0.1, 0.15) is 32.9 Å². The first-order valence-corrected chi connectivity index (χ1v) is 5.99. The third-order valence-corrected chi connectivity index (χ3v) is 2.19. The first kappa shape index (κ1) is 13.1. The van der Waals surface area contributed by atoms with Crippen molar-refractivity contribution >= 4 is 17.5 Å². The second kappa shape index (κ2) is 5.91. The molecule has 0 radical (unpaired) electrons. The first-order chi connectivity index (χ1) is 7.47. The maximum absolute atomic E-state index is 11.3. The molecule has 1 heterocycles. The van der Waals surface area contributed by atoms with Gasteiger partial charge in [0.05, 0.1) is 12.1 Å². The molecule has 0 atom stereocenters. The SMILES string of the molecule is CC(C)(C)OC(=O)CCNCc1csnn1. The van der Waals surface area contributed by atoms with Gasteiger partial charge in [0.1, 0.15) is 5.60 Å². The minimum absolute atomic E-state index is 0.184. The van der Waals surface area contributed by atoms with E-state index in [2.05, 4.69) is 14.9 Å². The number of nitrogens with zero attached hydrogens (tertiary/aromatic N) is 2. The Kier molecular flexibility index (Phi) is 4.82. The number of ether oxygens (including phenoxy) is 1. The normalized spacial score (nSPS) is 11.4. The van der Waals surface area contributed by atoms with E-state index in [-0.39, 0.29) is 5.97 Å². The lowest BCUT2D eigenvalue weighted by Gasteiger charge is -2.19. The fraction of sp³-hybridized carbons (Fsp3) is 0.700. The first-order valence-electron chi connectivity index (χ1n) is 5.16. The Morgan fingerprint density at radius 2 is 2.31 bits per heavy atom. The summed E-state index contributed by atoms with van der Waals surface area (Å²) in [5.74, 6) is -0.184. The zero-order valence-corrected chi connectivity index (χ0v) is 10.6. The van der Waals surface area contributed by atoms with Crippen LogP contribution >= 0.6 is 11.5 Å². The van der Waals surface area contributed by atoms with E-state index >= 15 is 0 Å². The number of nitrogens with one attached hydrogen (secondary N) is 1. The number of esters is 1. The Morgan fingerprint density at radius 1 is 1.56 bits per heavy atom. The summed E-state index contributed by atoms with van der Waals surface area (Å²) in [4.78, 5) is 11.3. The molecule has 1 aromatic heterocycles. The molecule has 0 saturated carbocycles. The van der Waals surface area contributed by atoms with E-state index in [1.165, 1.54) is 11.5 Å². The summed E-state index contributed by atoms with van der Waals surface area (Å²) in [7, 11) is 0. The molecule has 90 valence electrons. The van der Waals surface area contributed by atoms with Gasteiger partial charge in [-0.1, -0.05) is 4.49 Å². The van der Waals surface area contributed by atoms with Crippen LogP contribution in [0.2, 0.25) is 0 Å². The standard InChI is InChI=1S/C10H17N3O2S/c1-10(2,3)15-9(14)4-5-11-6-8-7-16-13-12-8/h7,11H,4-6H2,1-3H3. The highest BCUT2D eigenvalue weighted by Crippen LogP contribution is 2.07. The third kappa shape index (κ3) is 5.77. The number of aromatic nitrogens is 2. The van der Waals surface area contributed by atoms with E-state index < -0.39 is 5.60 Å². The van der Waals surface area contributed by atoms with Gasteiger partial charge < -0.3 is 10.1 Å². The largest absolute Gasteiger partial charge is 0.460 e. The van der Waals surface area contributed by atoms with E-state index in [0.717, 1.165) is 5.69 Å². The van der Waals surface area contributed by atoms with Crippen molar-refractivity contribution in [3.63, 3.8) is 0 Å². The highest BCUT2D eigenvalue weighted by Gasteiger charge is 2.15. The molecule has 0 aliphatic rings. The molecule has 0 aromatic carbocycles. The Morgan fingerprint density at radius 3 is 2.88 bits per heavy atom. The summed E-state index contributed by atoms with van der Waals surface area (Å²) >= 11 is 1.32. The molecule has 0 spiro atoms. The summed E-state index contributed by atoms with van der Waals surface area (Å²) in [6.45, 7) is 6.81. The smallest absolute Gasteiger partial charge is 0.307 e. The molecule has 0 bridgehead atoms. The van der Waals surface area contributed by atoms with Crippen molar-refractivity contribution in [2.45, 2.75) is 39.3 Å². The highest BCUT2D eigenvalue weighted by molar-refractivity contribution is 7.03. The summed E-state index contributed by atoms with van der Waals surface area (Å²) in [6.07, 6.45) is 0.370. The molecule has 0 aliphatic heterocycles. The summed E-state index contributed by atoms with van der Waals surface area (Å²) in [5, 5.41) is 8.87. The predicted molar refractivity (Wildman–Crippen MR) is 62.1 cm³/mol. The molecule has 0 unspecified atom stereocenters. The van der Waals surface area contributed by atoms with Crippen LogP contribution in [0.5, 0.6) is 0 Å². The van der Waals surface area contributed by atoms with Crippen LogP contribution in [-0.2, 0) is 16.1 Å². The van der Waals surface area contributed by atoms with E-state index in [4.69, 9.17) is 4.74 Å². The number of carbonyl (C=O) groups excluding carboxylic acids is 1. The van der Waals surface area contributed by atoms with E-state index in [9.17, 15) is 4.79 Å². The molecule has 1 rings (SSSR count). The van der Waals surface area contributed by atoms with Gasteiger partial charge in [-0.05, 0) is 32.3 Å². The van der Waals surface area contributed by atoms with Gasteiger partial charge in [0.2, 0.25) is 0 Å². The third-order valence-electron chi connectivity index (χ3n) is 1.64. The van der Waals surface area contributed by atoms with Crippen molar-refractivity contribution in [2.24, 2.45) is 0 Å². The lowest BCUT2D eigenvalue weighted by Crippen LogP contribution is -2.26. The van der Waals surface area contributed by atoms with Crippen molar-refractivity contribution < 1.29 is 9.53 Å². The quantitative estimate of drug-likeness (QED) is 0.625. The van der Waals surface area contributed by atoms with Crippen LogP contribution in [0.15, 0.2) is 5.38 Å². The Bertz CT molecular complexity index is 319. The summed E-state index contributed by atoms with van der Waals surface area (Å²) in [6, 6.07) is 0. The fourth-order valence-corrected chi connectivity index (χ4v) is 1.51. The molecule has 0 fully saturated rings. The van der Waals surface area contributed by atoms with Crippen LogP contribution in [0, 0.1) is 0 Å². The zero-order chi connectivity index (χ0) is 12.0. The van der Waals surface area contributed by atoms with Gasteiger partial charge in [-0.2, -0.15) is 0 Å². The molecule has 1 aromatic rings. The topological polar surface area (TPSA) is 64.1 Å². The maximum Gasteiger partial charge on any atom is 0.307 e. The number of hydrogen-bond donors (Lipinski definition) is 1. The molecular weight excluding hydrogens is 226 g/mol. The van der Waals surface area contributed by atoms with Gasteiger partial charge in [0.25, 0.3) is 0 Å². The van der Waals surface area contributed by atoms with Crippen molar-refractivity contribution in [3.05, 3.63) is 11.1 Å². The van der Waals surface area contributed by atoms with Gasteiger partial charge in [0, 0.05) is 18.5 Å². The van der Waals surface area contributed by atoms with Crippen molar-refractivity contribution in [1.82, 2.24) is 14.9 Å². The molecule has 1 N–H and O–H groups in total. The van der Waals surface area contributed by atoms with Crippen LogP contribution in [0.25, 0.3) is 0 Å². The van der Waals surface area contributed by atoms with Crippen molar-refractivity contribution in [3.8, 4) is 0 Å². The number of carbonyl (C=O) groups is 1. The average molecular weight is 243 g/mol. The second-order valence-corrected chi connectivity index (χ2v) is 5.02. The van der Waals surface area contributed by atoms with Crippen LogP contribution < -0.4 is 5.32 Å². The summed E-state index contributed by atoms with van der Waals surface area (Å²) in [5.41, 5.74) is 0.491. The molecular formula is C10H17N3O2S. The average Bonchev–Trinajstić information content (AvgIpc) is 2.62. The highest BCUT2D eigenvalue weighted by atomic mass is 32.1. The van der Waals surface area contributed by atoms with E-state index in [0.29, 0.717) is 19.5 Å². The van der Waals surface area contributed by atoms with Crippen LogP contribution in [0.4, 0.5) is 0 Å². The molecule has 5 nitrogen and oxygen atoms in total. The fourth-order valence-electron chi connectivity index (χ4n) is 1.06. The Labute approximate surface area is 99.4 Å². The number of rotatable bonds is 5. The van der Waals surface area contributed by atoms with E-state index in [1.54, 1.807) is 0 Å². The number of hydrogen-bond acceptors (Lipinski definition) is 6. The molecule has 0 saturated heterocycles. The minimum Gasteiger partial charge on any atom is -0.460 e. The van der Waals surface area contributed by atoms with Gasteiger partial charge >= 0.3 is 5.97 Å². The summed E-state index contributed by atoms with van der Waals surface area (Å²) < 4.78 is 8.91. The monoisotopic (exact) mass is 243 g/mol. The predicted octanol–water partition coefficient (Wildman–Crippen LogP) is 1.36. The Balaban J connectivity index is 2.09. The van der Waals surface area contributed by atoms with Gasteiger partial charge in [-0.25, -0.2) is 0 Å². The lowest BCUT2D eigenvalue weighted by atomic mass is 10.2. The zero-order valence-electron chi connectivity index (χ0n) is 9.82. The molecule has 16 heavy (non-hydrogen) atoms. The molecule has 6 heteroatoms. The van der Waals surface area contributed by atoms with Gasteiger partial charge in [-0.3, -0.25) is 4.79 Å². The van der Waals surface area contributed by atoms with Crippen LogP contribution in [-0.4, -0.2) is 27.7 Å². The van der Waals surface area contributed by atoms with Crippen molar-refractivity contribution in [1.29, 1.82) is 0 Å². The van der Waals surface area contributed by atoms with Crippen LogP contribution in [0.3, 0.4) is 0 Å². The van der Waals surface area contributed by atoms with E-state index in [1.807, 2.05) is 26.2 Å². The molecule has 0 aliphatic carbocycles. The van der Waals surface area contributed by atoms with Crippen molar-refractivity contribution in [2.75, 3.05) is 6.54 Å². The minimum atomic E-state index is -0.407. The maximum atomic E-state index is 11.3. The Hall–Kier alpha value is -1.01. The van der Waals surface area contributed by atoms with Gasteiger partial charge in [-0.15, -0.1) is 5.10 Å². The lowest BCUT2D eigenvalue weighted by molar-refractivity contribution is -0.154. The second-order valence-electron chi connectivity index (χ2n) is 4.41. The van der Waals surface area contributed by atoms with Gasteiger partial charge in [0.15, 0.2) is 0 Å². The molecule has 0 amide bonds.